The number of ether oxygens (including phenoxy) is 2. The normalized spacial score (nSPS) is 21.4. The molecular weight excluding hydrogens is 256 g/mol. The highest BCUT2D eigenvalue weighted by Crippen LogP contribution is 2.32. The number of nitrogens with zero attached hydrogens (tertiary/aromatic N) is 3. The molecule has 2 aliphatic rings. The summed E-state index contributed by atoms with van der Waals surface area (Å²) in [5.74, 6) is 1.36. The molecule has 1 aromatic heterocycles. The lowest BCUT2D eigenvalue weighted by molar-refractivity contribution is -0.169. The van der Waals surface area contributed by atoms with E-state index in [1.54, 1.807) is 0 Å². The van der Waals surface area contributed by atoms with Crippen molar-refractivity contribution in [2.75, 3.05) is 43.1 Å². The zero-order valence-electron chi connectivity index (χ0n) is 12.0. The number of aromatic nitrogens is 2. The molecule has 0 aromatic carbocycles. The van der Waals surface area contributed by atoms with Gasteiger partial charge in [0, 0.05) is 38.7 Å². The Balaban J connectivity index is 1.62. The molecule has 0 atom stereocenters. The van der Waals surface area contributed by atoms with Crippen molar-refractivity contribution in [1.82, 2.24) is 9.97 Å². The standard InChI is InChI=1S/C14H22N4O2/c1-2-6-15-13-16-7-3-12(17-13)18-8-4-14(5-9-18)19-10-11-20-14/h3,7H,2,4-6,8-11H2,1H3,(H,15,16,17). The molecule has 0 unspecified atom stereocenters. The summed E-state index contributed by atoms with van der Waals surface area (Å²) >= 11 is 0. The average Bonchev–Trinajstić information content (AvgIpc) is 2.94. The molecule has 3 rings (SSSR count). The summed E-state index contributed by atoms with van der Waals surface area (Å²) in [5.41, 5.74) is 0. The fourth-order valence-electron chi connectivity index (χ4n) is 2.71. The molecule has 3 heterocycles. The topological polar surface area (TPSA) is 59.5 Å². The Bertz CT molecular complexity index is 439. The van der Waals surface area contributed by atoms with Crippen LogP contribution in [0.5, 0.6) is 0 Å². The van der Waals surface area contributed by atoms with Crippen LogP contribution < -0.4 is 10.2 Å². The minimum absolute atomic E-state index is 0.327. The van der Waals surface area contributed by atoms with Gasteiger partial charge >= 0.3 is 0 Å². The average molecular weight is 278 g/mol. The molecule has 1 N–H and O–H groups in total. The van der Waals surface area contributed by atoms with Crippen LogP contribution in [0.15, 0.2) is 12.3 Å². The Kier molecular flexibility index (Phi) is 4.03. The van der Waals surface area contributed by atoms with Crippen LogP contribution in [-0.2, 0) is 9.47 Å². The van der Waals surface area contributed by atoms with Gasteiger partial charge in [-0.3, -0.25) is 0 Å². The van der Waals surface area contributed by atoms with Crippen molar-refractivity contribution in [1.29, 1.82) is 0 Å². The van der Waals surface area contributed by atoms with Crippen molar-refractivity contribution in [2.24, 2.45) is 0 Å². The number of piperidine rings is 1. The van der Waals surface area contributed by atoms with E-state index in [0.29, 0.717) is 5.95 Å². The summed E-state index contributed by atoms with van der Waals surface area (Å²) in [4.78, 5) is 11.1. The third-order valence-electron chi connectivity index (χ3n) is 3.84. The Labute approximate surface area is 119 Å². The van der Waals surface area contributed by atoms with Gasteiger partial charge in [-0.1, -0.05) is 6.92 Å². The largest absolute Gasteiger partial charge is 0.356 e. The molecule has 0 amide bonds. The van der Waals surface area contributed by atoms with Gasteiger partial charge in [0.05, 0.1) is 13.2 Å². The highest BCUT2D eigenvalue weighted by Gasteiger charge is 2.40. The quantitative estimate of drug-likeness (QED) is 0.903. The first-order valence-corrected chi connectivity index (χ1v) is 7.41. The zero-order valence-corrected chi connectivity index (χ0v) is 12.0. The molecule has 0 radical (unpaired) electrons. The molecule has 110 valence electrons. The lowest BCUT2D eigenvalue weighted by Crippen LogP contribution is -2.45. The number of anilines is 2. The molecule has 2 fully saturated rings. The number of nitrogens with one attached hydrogen (secondary N) is 1. The molecule has 20 heavy (non-hydrogen) atoms. The van der Waals surface area contributed by atoms with Crippen molar-refractivity contribution >= 4 is 11.8 Å². The molecular formula is C14H22N4O2. The molecule has 2 saturated heterocycles. The smallest absolute Gasteiger partial charge is 0.224 e. The first-order valence-electron chi connectivity index (χ1n) is 7.41. The third kappa shape index (κ3) is 2.86. The Morgan fingerprint density at radius 3 is 2.75 bits per heavy atom. The van der Waals surface area contributed by atoms with Crippen LogP contribution in [0.25, 0.3) is 0 Å². The van der Waals surface area contributed by atoms with Gasteiger partial charge in [0.1, 0.15) is 5.82 Å². The minimum Gasteiger partial charge on any atom is -0.356 e. The molecule has 0 aliphatic carbocycles. The monoisotopic (exact) mass is 278 g/mol. The van der Waals surface area contributed by atoms with Gasteiger partial charge in [0.25, 0.3) is 0 Å². The SMILES string of the molecule is CCCNc1nccc(N2CCC3(CC2)OCCO3)n1. The lowest BCUT2D eigenvalue weighted by Gasteiger charge is -2.38. The van der Waals surface area contributed by atoms with Crippen LogP contribution in [0.4, 0.5) is 11.8 Å². The fraction of sp³-hybridized carbons (Fsp3) is 0.714. The first-order chi connectivity index (χ1) is 9.81. The van der Waals surface area contributed by atoms with E-state index in [4.69, 9.17) is 9.47 Å². The van der Waals surface area contributed by atoms with Crippen molar-refractivity contribution in [2.45, 2.75) is 32.0 Å². The first kappa shape index (κ1) is 13.6. The van der Waals surface area contributed by atoms with Crippen LogP contribution in [-0.4, -0.2) is 48.6 Å². The highest BCUT2D eigenvalue weighted by molar-refractivity contribution is 5.43. The van der Waals surface area contributed by atoms with Gasteiger partial charge in [0.15, 0.2) is 5.79 Å². The van der Waals surface area contributed by atoms with Gasteiger partial charge in [0.2, 0.25) is 5.95 Å². The van der Waals surface area contributed by atoms with Crippen LogP contribution in [0, 0.1) is 0 Å². The second-order valence-corrected chi connectivity index (χ2v) is 5.26. The van der Waals surface area contributed by atoms with Gasteiger partial charge in [-0.05, 0) is 12.5 Å². The molecule has 2 aliphatic heterocycles. The third-order valence-corrected chi connectivity index (χ3v) is 3.84. The second kappa shape index (κ2) is 5.93. The predicted octanol–water partition coefficient (Wildman–Crippen LogP) is 1.64. The van der Waals surface area contributed by atoms with Crippen molar-refractivity contribution in [3.63, 3.8) is 0 Å². The van der Waals surface area contributed by atoms with Crippen molar-refractivity contribution < 1.29 is 9.47 Å². The number of hydrogen-bond acceptors (Lipinski definition) is 6. The van der Waals surface area contributed by atoms with Gasteiger partial charge in [-0.25, -0.2) is 4.98 Å². The molecule has 1 aromatic rings. The molecule has 6 heteroatoms. The second-order valence-electron chi connectivity index (χ2n) is 5.26. The van der Waals surface area contributed by atoms with Crippen LogP contribution in [0.1, 0.15) is 26.2 Å². The number of rotatable bonds is 4. The van der Waals surface area contributed by atoms with E-state index in [1.165, 1.54) is 0 Å². The van der Waals surface area contributed by atoms with E-state index < -0.39 is 0 Å². The maximum Gasteiger partial charge on any atom is 0.224 e. The lowest BCUT2D eigenvalue weighted by atomic mass is 10.0. The van der Waals surface area contributed by atoms with E-state index in [9.17, 15) is 0 Å². The number of hydrogen-bond donors (Lipinski definition) is 1. The van der Waals surface area contributed by atoms with Crippen LogP contribution >= 0.6 is 0 Å². The van der Waals surface area contributed by atoms with Gasteiger partial charge in [-0.2, -0.15) is 4.98 Å². The maximum atomic E-state index is 5.75. The van der Waals surface area contributed by atoms with E-state index in [0.717, 1.165) is 57.9 Å². The molecule has 0 bridgehead atoms. The summed E-state index contributed by atoms with van der Waals surface area (Å²) in [7, 11) is 0. The summed E-state index contributed by atoms with van der Waals surface area (Å²) in [6.45, 7) is 6.28. The highest BCUT2D eigenvalue weighted by atomic mass is 16.7. The Morgan fingerprint density at radius 2 is 2.05 bits per heavy atom. The van der Waals surface area contributed by atoms with Crippen LogP contribution in [0.2, 0.25) is 0 Å². The van der Waals surface area contributed by atoms with E-state index in [-0.39, 0.29) is 5.79 Å². The van der Waals surface area contributed by atoms with E-state index in [2.05, 4.69) is 27.1 Å². The Morgan fingerprint density at radius 1 is 1.30 bits per heavy atom. The van der Waals surface area contributed by atoms with Crippen LogP contribution in [0.3, 0.4) is 0 Å². The Hall–Kier alpha value is -1.40. The predicted molar refractivity (Wildman–Crippen MR) is 76.9 cm³/mol. The zero-order chi connectivity index (χ0) is 13.8. The molecule has 0 saturated carbocycles. The van der Waals surface area contributed by atoms with E-state index in [1.807, 2.05) is 12.3 Å². The fourth-order valence-corrected chi connectivity index (χ4v) is 2.71. The molecule has 1 spiro atoms. The van der Waals surface area contributed by atoms with Crippen molar-refractivity contribution in [3.8, 4) is 0 Å². The van der Waals surface area contributed by atoms with Gasteiger partial charge in [-0.15, -0.1) is 0 Å². The summed E-state index contributed by atoms with van der Waals surface area (Å²) < 4.78 is 11.5. The van der Waals surface area contributed by atoms with Gasteiger partial charge < -0.3 is 19.7 Å². The van der Waals surface area contributed by atoms with Crippen molar-refractivity contribution in [3.05, 3.63) is 12.3 Å². The summed E-state index contributed by atoms with van der Waals surface area (Å²) in [6.07, 6.45) is 4.67. The summed E-state index contributed by atoms with van der Waals surface area (Å²) in [5, 5.41) is 3.22. The maximum absolute atomic E-state index is 5.75. The van der Waals surface area contributed by atoms with E-state index >= 15 is 0 Å². The minimum atomic E-state index is -0.327. The summed E-state index contributed by atoms with van der Waals surface area (Å²) in [6, 6.07) is 1.96. The molecule has 6 nitrogen and oxygen atoms in total.